The van der Waals surface area contributed by atoms with Crippen LogP contribution in [0.25, 0.3) is 11.0 Å². The number of nitrogens with zero attached hydrogens (tertiary/aromatic N) is 3. The van der Waals surface area contributed by atoms with E-state index in [1.807, 2.05) is 0 Å². The number of hydrogen-bond donors (Lipinski definition) is 0. The lowest BCUT2D eigenvalue weighted by atomic mass is 10.2. The van der Waals surface area contributed by atoms with Crippen LogP contribution in [0.5, 0.6) is 0 Å². The molecule has 0 spiro atoms. The molecule has 2 aromatic rings. The summed E-state index contributed by atoms with van der Waals surface area (Å²) in [6, 6.07) is 0. The lowest BCUT2D eigenvalue weighted by Gasteiger charge is -1.94. The Balaban J connectivity index is 3.00. The molecule has 0 amide bonds. The second-order valence-electron chi connectivity index (χ2n) is 3.10. The van der Waals surface area contributed by atoms with Crippen LogP contribution in [-0.2, 0) is 14.1 Å². The van der Waals surface area contributed by atoms with E-state index in [0.717, 1.165) is 5.52 Å². The summed E-state index contributed by atoms with van der Waals surface area (Å²) >= 11 is 0. The molecule has 14 heavy (non-hydrogen) atoms. The third-order valence-corrected chi connectivity index (χ3v) is 2.40. The van der Waals surface area contributed by atoms with Gasteiger partial charge in [-0.2, -0.15) is 5.10 Å². The minimum absolute atomic E-state index is 0.392. The molecule has 2 rings (SSSR count). The van der Waals surface area contributed by atoms with Crippen molar-refractivity contribution in [1.82, 2.24) is 14.3 Å². The molecule has 0 aliphatic heterocycles. The monoisotopic (exact) mass is 191 g/mol. The molecule has 0 N–H and O–H groups in total. The molecule has 2 aromatic heterocycles. The normalized spacial score (nSPS) is 10.7. The predicted molar refractivity (Wildman–Crippen MR) is 50.5 cm³/mol. The molecule has 0 atom stereocenters. The SMILES string of the molecule is Cn1ncc2c1c(C=O)c(C=O)n2C. The third kappa shape index (κ3) is 0.863. The van der Waals surface area contributed by atoms with Crippen molar-refractivity contribution in [1.29, 1.82) is 0 Å². The average Bonchev–Trinajstić information content (AvgIpc) is 2.67. The van der Waals surface area contributed by atoms with E-state index in [-0.39, 0.29) is 0 Å². The van der Waals surface area contributed by atoms with E-state index in [1.54, 1.807) is 29.5 Å². The number of aldehydes is 2. The standard InChI is InChI=1S/C9H9N3O2/c1-11-7-3-10-12(2)9(7)6(4-13)8(11)5-14/h3-5H,1-2H3. The van der Waals surface area contributed by atoms with Gasteiger partial charge in [0.25, 0.3) is 0 Å². The Labute approximate surface area is 79.9 Å². The Morgan fingerprint density at radius 3 is 2.57 bits per heavy atom. The Morgan fingerprint density at radius 2 is 2.00 bits per heavy atom. The molecule has 0 unspecified atom stereocenters. The molecule has 0 saturated heterocycles. The number of aromatic nitrogens is 3. The van der Waals surface area contributed by atoms with Crippen LogP contribution in [-0.4, -0.2) is 26.9 Å². The fourth-order valence-corrected chi connectivity index (χ4v) is 1.67. The molecular weight excluding hydrogens is 182 g/mol. The van der Waals surface area contributed by atoms with Crippen molar-refractivity contribution < 1.29 is 9.59 Å². The van der Waals surface area contributed by atoms with Crippen LogP contribution in [0, 0.1) is 0 Å². The summed E-state index contributed by atoms with van der Waals surface area (Å²) in [6.07, 6.45) is 3.01. The van der Waals surface area contributed by atoms with Crippen LogP contribution in [0.2, 0.25) is 0 Å². The van der Waals surface area contributed by atoms with Crippen molar-refractivity contribution in [3.63, 3.8) is 0 Å². The van der Waals surface area contributed by atoms with E-state index < -0.39 is 0 Å². The van der Waals surface area contributed by atoms with Gasteiger partial charge in [-0.25, -0.2) is 0 Å². The Kier molecular flexibility index (Phi) is 1.73. The highest BCUT2D eigenvalue weighted by Gasteiger charge is 2.16. The van der Waals surface area contributed by atoms with E-state index in [1.165, 1.54) is 0 Å². The zero-order valence-corrected chi connectivity index (χ0v) is 7.89. The quantitative estimate of drug-likeness (QED) is 0.651. The van der Waals surface area contributed by atoms with Gasteiger partial charge in [0.1, 0.15) is 0 Å². The van der Waals surface area contributed by atoms with Gasteiger partial charge in [-0.05, 0) is 0 Å². The van der Waals surface area contributed by atoms with Crippen molar-refractivity contribution in [3.8, 4) is 0 Å². The highest BCUT2D eigenvalue weighted by molar-refractivity contribution is 6.03. The van der Waals surface area contributed by atoms with Crippen LogP contribution in [0.4, 0.5) is 0 Å². The Hall–Kier alpha value is -1.91. The fraction of sp³-hybridized carbons (Fsp3) is 0.222. The molecule has 0 aliphatic rings. The van der Waals surface area contributed by atoms with Gasteiger partial charge in [-0.1, -0.05) is 0 Å². The summed E-state index contributed by atoms with van der Waals surface area (Å²) in [5, 5.41) is 4.02. The first-order valence-corrected chi connectivity index (χ1v) is 4.11. The smallest absolute Gasteiger partial charge is 0.167 e. The first-order valence-electron chi connectivity index (χ1n) is 4.11. The van der Waals surface area contributed by atoms with Gasteiger partial charge in [0, 0.05) is 14.1 Å². The molecule has 0 saturated carbocycles. The lowest BCUT2D eigenvalue weighted by Crippen LogP contribution is -1.98. The molecule has 0 fully saturated rings. The van der Waals surface area contributed by atoms with Gasteiger partial charge in [0.2, 0.25) is 0 Å². The summed E-state index contributed by atoms with van der Waals surface area (Å²) in [4.78, 5) is 21.6. The van der Waals surface area contributed by atoms with Crippen LogP contribution < -0.4 is 0 Å². The van der Waals surface area contributed by atoms with Crippen molar-refractivity contribution in [3.05, 3.63) is 17.5 Å². The van der Waals surface area contributed by atoms with Gasteiger partial charge in [0.05, 0.1) is 28.5 Å². The van der Waals surface area contributed by atoms with Gasteiger partial charge in [0.15, 0.2) is 12.6 Å². The number of hydrogen-bond acceptors (Lipinski definition) is 3. The van der Waals surface area contributed by atoms with Crippen LogP contribution in [0.15, 0.2) is 6.20 Å². The van der Waals surface area contributed by atoms with Gasteiger partial charge in [-0.3, -0.25) is 14.3 Å². The minimum atomic E-state index is 0.392. The number of carbonyl (C=O) groups is 2. The Morgan fingerprint density at radius 1 is 1.29 bits per heavy atom. The van der Waals surface area contributed by atoms with Crippen LogP contribution in [0.1, 0.15) is 20.8 Å². The predicted octanol–water partition coefficient (Wildman–Crippen LogP) is 0.537. The topological polar surface area (TPSA) is 56.9 Å². The molecular formula is C9H9N3O2. The van der Waals surface area contributed by atoms with Gasteiger partial charge < -0.3 is 4.57 Å². The van der Waals surface area contributed by atoms with Crippen molar-refractivity contribution in [2.24, 2.45) is 14.1 Å². The second-order valence-corrected chi connectivity index (χ2v) is 3.10. The van der Waals surface area contributed by atoms with E-state index in [2.05, 4.69) is 5.10 Å². The van der Waals surface area contributed by atoms with Gasteiger partial charge >= 0.3 is 0 Å². The second kappa shape index (κ2) is 2.80. The first-order chi connectivity index (χ1) is 6.70. The highest BCUT2D eigenvalue weighted by atomic mass is 16.1. The third-order valence-electron chi connectivity index (χ3n) is 2.40. The molecule has 0 bridgehead atoms. The van der Waals surface area contributed by atoms with Gasteiger partial charge in [-0.15, -0.1) is 0 Å². The largest absolute Gasteiger partial charge is 0.338 e. The fourth-order valence-electron chi connectivity index (χ4n) is 1.67. The number of carbonyl (C=O) groups excluding carboxylic acids is 2. The first kappa shape index (κ1) is 8.68. The molecule has 5 heteroatoms. The van der Waals surface area contributed by atoms with Crippen molar-refractivity contribution in [2.75, 3.05) is 0 Å². The molecule has 72 valence electrons. The summed E-state index contributed by atoms with van der Waals surface area (Å²) in [5.41, 5.74) is 2.28. The summed E-state index contributed by atoms with van der Waals surface area (Å²) < 4.78 is 3.26. The summed E-state index contributed by atoms with van der Waals surface area (Å²) in [5.74, 6) is 0. The summed E-state index contributed by atoms with van der Waals surface area (Å²) in [7, 11) is 3.48. The van der Waals surface area contributed by atoms with Crippen LogP contribution in [0.3, 0.4) is 0 Å². The minimum Gasteiger partial charge on any atom is -0.338 e. The Bertz CT molecular complexity index is 522. The van der Waals surface area contributed by atoms with Crippen molar-refractivity contribution >= 4 is 23.6 Å². The maximum Gasteiger partial charge on any atom is 0.167 e. The maximum absolute atomic E-state index is 10.9. The lowest BCUT2D eigenvalue weighted by molar-refractivity contribution is 0.109. The van der Waals surface area contributed by atoms with E-state index in [4.69, 9.17) is 0 Å². The molecule has 5 nitrogen and oxygen atoms in total. The zero-order valence-electron chi connectivity index (χ0n) is 7.89. The highest BCUT2D eigenvalue weighted by Crippen LogP contribution is 2.21. The average molecular weight is 191 g/mol. The molecule has 2 heterocycles. The summed E-state index contributed by atoms with van der Waals surface area (Å²) in [6.45, 7) is 0. The molecule has 0 aliphatic carbocycles. The molecule has 0 aromatic carbocycles. The van der Waals surface area contributed by atoms with E-state index >= 15 is 0 Å². The van der Waals surface area contributed by atoms with E-state index in [9.17, 15) is 9.59 Å². The zero-order chi connectivity index (χ0) is 10.3. The number of fused-ring (bicyclic) bond motifs is 1. The number of aryl methyl sites for hydroxylation is 2. The van der Waals surface area contributed by atoms with E-state index in [0.29, 0.717) is 29.3 Å². The maximum atomic E-state index is 10.9. The molecule has 0 radical (unpaired) electrons. The van der Waals surface area contributed by atoms with Crippen molar-refractivity contribution in [2.45, 2.75) is 0 Å². The van der Waals surface area contributed by atoms with Crippen LogP contribution >= 0.6 is 0 Å². The number of rotatable bonds is 2.